The SMILES string of the molecule is C.CC1=CP(=O)(O)CC1.CCC(CO)OP1(=O)CC=C(C)C1.CCC(O)COP1(=O)CC=C(C)C1.CCC1CO1. The Kier molecular flexibility index (Phi) is 18.9. The summed E-state index contributed by atoms with van der Waals surface area (Å²) in [6, 6.07) is 0. The molecular weight excluding hydrogens is 573 g/mol. The van der Waals surface area contributed by atoms with Gasteiger partial charge in [-0.15, -0.1) is 0 Å². The smallest absolute Gasteiger partial charge is 0.222 e. The van der Waals surface area contributed by atoms with Gasteiger partial charge < -0.3 is 28.9 Å². The zero-order valence-corrected chi connectivity index (χ0v) is 27.3. The summed E-state index contributed by atoms with van der Waals surface area (Å²) in [5.74, 6) is 1.49. The Hall–Kier alpha value is -0.330. The molecule has 12 heteroatoms. The highest BCUT2D eigenvalue weighted by molar-refractivity contribution is 7.61. The number of epoxide rings is 1. The highest BCUT2D eigenvalue weighted by Gasteiger charge is 2.30. The molecule has 3 N–H and O–H groups in total. The molecule has 1 saturated heterocycles. The number of rotatable bonds is 9. The summed E-state index contributed by atoms with van der Waals surface area (Å²) in [4.78, 5) is 8.84. The van der Waals surface area contributed by atoms with Crippen LogP contribution in [-0.4, -0.2) is 84.0 Å². The van der Waals surface area contributed by atoms with Gasteiger partial charge >= 0.3 is 0 Å². The third-order valence-electron chi connectivity index (χ3n) is 6.50. The van der Waals surface area contributed by atoms with E-state index in [1.807, 2.05) is 46.8 Å². The lowest BCUT2D eigenvalue weighted by Crippen LogP contribution is -2.15. The average molecular weight is 629 g/mol. The number of aliphatic hydroxyl groups is 2. The zero-order chi connectivity index (χ0) is 29.7. The molecule has 6 atom stereocenters. The molecule has 0 bridgehead atoms. The predicted molar refractivity (Wildman–Crippen MR) is 167 cm³/mol. The van der Waals surface area contributed by atoms with Gasteiger partial charge in [0.1, 0.15) is 0 Å². The van der Waals surface area contributed by atoms with E-state index in [-0.39, 0.29) is 26.7 Å². The minimum absolute atomic E-state index is 0. The third kappa shape index (κ3) is 16.9. The van der Waals surface area contributed by atoms with Gasteiger partial charge in [-0.1, -0.05) is 57.1 Å². The number of hydrogen-bond acceptors (Lipinski definition) is 8. The van der Waals surface area contributed by atoms with Crippen molar-refractivity contribution in [1.82, 2.24) is 0 Å². The lowest BCUT2D eigenvalue weighted by atomic mass is 10.3. The molecule has 0 aliphatic carbocycles. The van der Waals surface area contributed by atoms with E-state index >= 15 is 0 Å². The van der Waals surface area contributed by atoms with Crippen LogP contribution in [-0.2, 0) is 27.5 Å². The van der Waals surface area contributed by atoms with Crippen LogP contribution in [0.4, 0.5) is 0 Å². The second kappa shape index (κ2) is 19.1. The van der Waals surface area contributed by atoms with Gasteiger partial charge in [-0.2, -0.15) is 0 Å². The van der Waals surface area contributed by atoms with E-state index in [4.69, 9.17) is 23.8 Å². The van der Waals surface area contributed by atoms with Gasteiger partial charge in [-0.25, -0.2) is 0 Å². The average Bonchev–Trinajstić information content (AvgIpc) is 3.48. The highest BCUT2D eigenvalue weighted by Crippen LogP contribution is 2.54. The van der Waals surface area contributed by atoms with E-state index in [2.05, 4.69) is 6.92 Å². The number of ether oxygens (including phenoxy) is 1. The molecule has 6 unspecified atom stereocenters. The fraction of sp³-hybridized carbons (Fsp3) is 0.786. The highest BCUT2D eigenvalue weighted by atomic mass is 31.2. The molecule has 0 amide bonds. The second-order valence-electron chi connectivity index (χ2n) is 10.7. The van der Waals surface area contributed by atoms with Crippen molar-refractivity contribution in [3.8, 4) is 0 Å². The van der Waals surface area contributed by atoms with E-state index < -0.39 is 28.2 Å². The first-order valence-electron chi connectivity index (χ1n) is 13.9. The Morgan fingerprint density at radius 3 is 1.80 bits per heavy atom. The van der Waals surface area contributed by atoms with E-state index in [1.54, 1.807) is 0 Å². The molecule has 0 spiro atoms. The van der Waals surface area contributed by atoms with Crippen LogP contribution >= 0.6 is 22.1 Å². The van der Waals surface area contributed by atoms with Crippen LogP contribution in [0, 0.1) is 0 Å². The Balaban J connectivity index is 0.000000529. The zero-order valence-electron chi connectivity index (χ0n) is 24.6. The molecule has 0 radical (unpaired) electrons. The molecule has 236 valence electrons. The van der Waals surface area contributed by atoms with Crippen LogP contribution in [0.25, 0.3) is 0 Å². The van der Waals surface area contributed by atoms with Gasteiger partial charge in [0.05, 0.1) is 38.1 Å². The van der Waals surface area contributed by atoms with Gasteiger partial charge in [0.25, 0.3) is 0 Å². The summed E-state index contributed by atoms with van der Waals surface area (Å²) in [5, 5.41) is 18.1. The number of allylic oxidation sites excluding steroid dienone is 5. The van der Waals surface area contributed by atoms with Crippen molar-refractivity contribution in [2.75, 3.05) is 50.6 Å². The van der Waals surface area contributed by atoms with Crippen molar-refractivity contribution in [3.63, 3.8) is 0 Å². The van der Waals surface area contributed by atoms with Crippen LogP contribution in [0.3, 0.4) is 0 Å². The topological polar surface area (TPSA) is 143 Å². The van der Waals surface area contributed by atoms with Crippen LogP contribution in [0.1, 0.15) is 74.7 Å². The minimum Gasteiger partial charge on any atom is -0.394 e. The van der Waals surface area contributed by atoms with Crippen LogP contribution in [0.2, 0.25) is 0 Å². The molecule has 1 fully saturated rings. The maximum Gasteiger partial charge on any atom is 0.222 e. The van der Waals surface area contributed by atoms with Crippen molar-refractivity contribution in [2.45, 2.75) is 93.0 Å². The molecule has 9 nitrogen and oxygen atoms in total. The first kappa shape index (κ1) is 39.7. The fourth-order valence-electron chi connectivity index (χ4n) is 3.75. The molecule has 4 rings (SSSR count). The van der Waals surface area contributed by atoms with Gasteiger partial charge in [0, 0.05) is 30.8 Å². The summed E-state index contributed by atoms with van der Waals surface area (Å²) in [5.41, 5.74) is 3.32. The van der Waals surface area contributed by atoms with E-state index in [0.29, 0.717) is 49.8 Å². The minimum atomic E-state index is -2.76. The molecule has 0 aromatic rings. The van der Waals surface area contributed by atoms with E-state index in [9.17, 15) is 18.8 Å². The quantitative estimate of drug-likeness (QED) is 0.139. The van der Waals surface area contributed by atoms with Gasteiger partial charge in [0.2, 0.25) is 22.1 Å². The normalized spacial score (nSPS) is 31.4. The number of hydrogen-bond donors (Lipinski definition) is 3. The van der Waals surface area contributed by atoms with Gasteiger partial charge in [0.15, 0.2) is 0 Å². The van der Waals surface area contributed by atoms with Crippen molar-refractivity contribution >= 4 is 22.1 Å². The third-order valence-corrected chi connectivity index (χ3v) is 12.9. The molecule has 0 saturated carbocycles. The maximum atomic E-state index is 12.0. The van der Waals surface area contributed by atoms with E-state index in [0.717, 1.165) is 29.7 Å². The Morgan fingerprint density at radius 1 is 0.975 bits per heavy atom. The molecule has 0 aromatic heterocycles. The molecular formula is C28H55O9P3. The molecule has 0 aromatic carbocycles. The first-order valence-corrected chi connectivity index (χ1v) is 19.8. The van der Waals surface area contributed by atoms with E-state index in [1.165, 1.54) is 12.2 Å². The lowest BCUT2D eigenvalue weighted by molar-refractivity contribution is 0.106. The fourth-order valence-corrected chi connectivity index (χ4v) is 10.1. The molecule has 4 aliphatic rings. The van der Waals surface area contributed by atoms with Crippen molar-refractivity contribution < 1.29 is 42.6 Å². The number of aliphatic hydroxyl groups excluding tert-OH is 2. The first-order chi connectivity index (χ1) is 18.2. The predicted octanol–water partition coefficient (Wildman–Crippen LogP) is 7.02. The largest absolute Gasteiger partial charge is 0.394 e. The van der Waals surface area contributed by atoms with Crippen LogP contribution in [0.15, 0.2) is 34.7 Å². The second-order valence-corrected chi connectivity index (χ2v) is 18.0. The maximum absolute atomic E-state index is 12.0. The summed E-state index contributed by atoms with van der Waals surface area (Å²) < 4.78 is 50.1. The molecule has 4 aliphatic heterocycles. The molecule has 40 heavy (non-hydrogen) atoms. The summed E-state index contributed by atoms with van der Waals surface area (Å²) in [7, 11) is -7.68. The standard InChI is InChI=1S/2C9H17O3P.C5H9O2P.C4H8O.CH4/c1-3-9(10)6-12-13(11)5-4-8(2)7-13;1-3-9(6-10)12-13(11)5-4-8(2)7-13;1-5-2-3-8(6,7)4-5;1-2-4-3-5-4;/h2*4,9-10H,3,5-7H2,1-2H3;4H,2-3H2,1H3,(H,6,7);4H,2-3H2,1H3;1H4. The molecule has 4 heterocycles. The van der Waals surface area contributed by atoms with Crippen molar-refractivity contribution in [3.05, 3.63) is 34.7 Å². The summed E-state index contributed by atoms with van der Waals surface area (Å²) in [6.07, 6.45) is 9.81. The summed E-state index contributed by atoms with van der Waals surface area (Å²) in [6.45, 7) is 12.9. The monoisotopic (exact) mass is 628 g/mol. The summed E-state index contributed by atoms with van der Waals surface area (Å²) >= 11 is 0. The van der Waals surface area contributed by atoms with Crippen LogP contribution in [0.5, 0.6) is 0 Å². The Bertz CT molecular complexity index is 982. The van der Waals surface area contributed by atoms with Gasteiger partial charge in [-0.3, -0.25) is 13.7 Å². The van der Waals surface area contributed by atoms with Crippen LogP contribution < -0.4 is 0 Å². The van der Waals surface area contributed by atoms with Gasteiger partial charge in [-0.05, 0) is 52.3 Å². The Morgan fingerprint density at radius 2 is 1.52 bits per heavy atom. The lowest BCUT2D eigenvalue weighted by Gasteiger charge is -2.19. The van der Waals surface area contributed by atoms with Crippen molar-refractivity contribution in [1.29, 1.82) is 0 Å². The Labute approximate surface area is 242 Å². The van der Waals surface area contributed by atoms with Crippen molar-refractivity contribution in [2.24, 2.45) is 0 Å².